The van der Waals surface area contributed by atoms with Crippen LogP contribution in [0.4, 0.5) is 34.1 Å². The molecule has 5 heteroatoms. The maximum absolute atomic E-state index is 7.00. The highest BCUT2D eigenvalue weighted by atomic mass is 28.3. The van der Waals surface area contributed by atoms with Gasteiger partial charge < -0.3 is 14.5 Å². The number of fused-ring (bicyclic) bond motifs is 6. The van der Waals surface area contributed by atoms with Crippen LogP contribution in [0.2, 0.25) is 0 Å². The fourth-order valence-electron chi connectivity index (χ4n) is 9.62. The van der Waals surface area contributed by atoms with Crippen molar-refractivity contribution in [1.29, 1.82) is 0 Å². The summed E-state index contributed by atoms with van der Waals surface area (Å²) < 4.78 is 7.00. The molecule has 8 aromatic carbocycles. The third-order valence-electron chi connectivity index (χ3n) is 11.9. The second-order valence-electron chi connectivity index (χ2n) is 15.0. The summed E-state index contributed by atoms with van der Waals surface area (Å²) in [5.41, 5.74) is 13.1. The van der Waals surface area contributed by atoms with Crippen LogP contribution >= 0.6 is 0 Å². The van der Waals surface area contributed by atoms with Crippen LogP contribution in [0.1, 0.15) is 11.1 Å². The molecule has 8 aromatic rings. The second kappa shape index (κ2) is 12.2. The zero-order chi connectivity index (χ0) is 36.7. The van der Waals surface area contributed by atoms with E-state index >= 15 is 0 Å². The summed E-state index contributed by atoms with van der Waals surface area (Å²) in [6, 6.07) is 69.7. The fraction of sp³-hybridized carbons (Fsp3) is 0.0400. The van der Waals surface area contributed by atoms with E-state index < -0.39 is 8.07 Å². The Bertz CT molecular complexity index is 2690. The molecule has 0 saturated heterocycles. The lowest BCUT2D eigenvalue weighted by Crippen LogP contribution is -2.77. The highest BCUT2D eigenvalue weighted by molar-refractivity contribution is 7.21. The Hall–Kier alpha value is -6.56. The van der Waals surface area contributed by atoms with Crippen LogP contribution in [0.5, 0.6) is 11.5 Å². The normalized spacial score (nSPS) is 14.2. The van der Waals surface area contributed by atoms with E-state index in [4.69, 9.17) is 4.74 Å². The van der Waals surface area contributed by atoms with Crippen molar-refractivity contribution in [1.82, 2.24) is 0 Å². The van der Waals surface area contributed by atoms with Gasteiger partial charge in [0.05, 0.1) is 5.69 Å². The first kappa shape index (κ1) is 31.9. The predicted octanol–water partition coefficient (Wildman–Crippen LogP) is 7.87. The smallest absolute Gasteiger partial charge is 0.256 e. The summed E-state index contributed by atoms with van der Waals surface area (Å²) in [6.45, 7) is 4.51. The van der Waals surface area contributed by atoms with Crippen molar-refractivity contribution in [3.8, 4) is 11.5 Å². The van der Waals surface area contributed by atoms with Crippen molar-refractivity contribution in [3.05, 3.63) is 199 Å². The summed E-state index contributed by atoms with van der Waals surface area (Å²) in [6.07, 6.45) is 0. The van der Waals surface area contributed by atoms with Crippen LogP contribution in [0.25, 0.3) is 0 Å². The van der Waals surface area contributed by atoms with Gasteiger partial charge in [-0.1, -0.05) is 151 Å². The van der Waals surface area contributed by atoms with E-state index in [0.717, 1.165) is 28.6 Å². The van der Waals surface area contributed by atoms with Crippen molar-refractivity contribution in [2.75, 3.05) is 9.80 Å². The molecular weight excluding hydrogens is 683 g/mol. The molecule has 0 aromatic heterocycles. The van der Waals surface area contributed by atoms with Gasteiger partial charge in [0.1, 0.15) is 11.5 Å². The summed E-state index contributed by atoms with van der Waals surface area (Å²) >= 11 is 0. The van der Waals surface area contributed by atoms with E-state index in [1.54, 1.807) is 0 Å². The molecule has 11 rings (SSSR count). The lowest BCUT2D eigenvalue weighted by molar-refractivity contribution is 0.487. The molecule has 3 aliphatic heterocycles. The third-order valence-corrected chi connectivity index (χ3v) is 16.7. The van der Waals surface area contributed by atoms with Gasteiger partial charge in [0.25, 0.3) is 6.71 Å². The molecule has 0 atom stereocenters. The molecule has 0 bridgehead atoms. The Morgan fingerprint density at radius 3 is 1.58 bits per heavy atom. The average Bonchev–Trinajstić information content (AvgIpc) is 3.23. The second-order valence-corrected chi connectivity index (χ2v) is 18.8. The number of para-hydroxylation sites is 3. The van der Waals surface area contributed by atoms with Gasteiger partial charge in [-0.3, -0.25) is 0 Å². The third kappa shape index (κ3) is 4.63. The summed E-state index contributed by atoms with van der Waals surface area (Å²) in [7, 11) is -2.81. The van der Waals surface area contributed by atoms with Crippen LogP contribution in [0.3, 0.4) is 0 Å². The first-order valence-corrected chi connectivity index (χ1v) is 21.1. The topological polar surface area (TPSA) is 15.7 Å². The van der Waals surface area contributed by atoms with Crippen LogP contribution in [0.15, 0.2) is 188 Å². The Kier molecular flexibility index (Phi) is 7.10. The molecular formula is C50H37BN2OSi. The maximum Gasteiger partial charge on any atom is 0.256 e. The minimum absolute atomic E-state index is 0.0441. The number of hydrogen-bond acceptors (Lipinski definition) is 3. The zero-order valence-corrected chi connectivity index (χ0v) is 31.8. The number of hydrogen-bond donors (Lipinski definition) is 0. The van der Waals surface area contributed by atoms with Crippen LogP contribution in [-0.2, 0) is 0 Å². The molecule has 3 aliphatic rings. The van der Waals surface area contributed by atoms with Gasteiger partial charge in [-0.2, -0.15) is 0 Å². The molecule has 0 amide bonds. The molecule has 0 spiro atoms. The summed E-state index contributed by atoms with van der Waals surface area (Å²) in [5.74, 6) is 1.81. The molecule has 55 heavy (non-hydrogen) atoms. The summed E-state index contributed by atoms with van der Waals surface area (Å²) in [4.78, 5) is 4.95. The monoisotopic (exact) mass is 720 g/mol. The zero-order valence-electron chi connectivity index (χ0n) is 30.8. The first-order valence-electron chi connectivity index (χ1n) is 19.1. The van der Waals surface area contributed by atoms with E-state index in [-0.39, 0.29) is 6.71 Å². The Balaban J connectivity index is 1.24. The standard InChI is InChI=1S/C50H37BN2OSi/c1-34-26-28-43-48(30-34)55(38-18-8-4-9-19-38,39-20-10-5-11-21-39)49-31-35(2)27-29-44(49)53(43)37-32-45-50-47(33-37)54-46-25-15-13-23-41(46)51(50)40-22-12-14-24-42(40)52(45)36-16-6-3-7-17-36/h3-33H,1-2H3. The van der Waals surface area contributed by atoms with E-state index in [0.29, 0.717) is 0 Å². The quantitative estimate of drug-likeness (QED) is 0.172. The number of benzene rings is 8. The van der Waals surface area contributed by atoms with Crippen LogP contribution < -0.4 is 51.7 Å². The number of aryl methyl sites for hydroxylation is 2. The molecule has 0 N–H and O–H groups in total. The van der Waals surface area contributed by atoms with Gasteiger partial charge in [0.15, 0.2) is 8.07 Å². The minimum atomic E-state index is -2.81. The van der Waals surface area contributed by atoms with Gasteiger partial charge in [0, 0.05) is 34.5 Å². The van der Waals surface area contributed by atoms with Gasteiger partial charge in [-0.05, 0) is 93.4 Å². The van der Waals surface area contributed by atoms with Crippen molar-refractivity contribution in [3.63, 3.8) is 0 Å². The fourth-order valence-corrected chi connectivity index (χ4v) is 14.9. The Labute approximate surface area is 323 Å². The molecule has 260 valence electrons. The lowest BCUT2D eigenvalue weighted by atomic mass is 9.34. The molecule has 3 nitrogen and oxygen atoms in total. The van der Waals surface area contributed by atoms with E-state index in [1.165, 1.54) is 65.3 Å². The number of anilines is 6. The Morgan fingerprint density at radius 1 is 0.418 bits per heavy atom. The van der Waals surface area contributed by atoms with Crippen molar-refractivity contribution >= 4 is 86.0 Å². The first-order chi connectivity index (χ1) is 27.1. The number of rotatable bonds is 4. The molecule has 0 fully saturated rings. The lowest BCUT2D eigenvalue weighted by Gasteiger charge is -2.46. The SMILES string of the molecule is Cc1ccc2c(c1)[Si](c1ccccc1)(c1ccccc1)c1cc(C)ccc1N2c1cc2c3c(c1)N(c1ccccc1)c1ccccc1B3c1ccccc1O2. The van der Waals surface area contributed by atoms with Crippen molar-refractivity contribution in [2.45, 2.75) is 13.8 Å². The molecule has 0 saturated carbocycles. The predicted molar refractivity (Wildman–Crippen MR) is 234 cm³/mol. The highest BCUT2D eigenvalue weighted by Gasteiger charge is 2.50. The summed E-state index contributed by atoms with van der Waals surface area (Å²) in [5, 5.41) is 5.55. The van der Waals surface area contributed by atoms with E-state index in [1.807, 2.05) is 0 Å². The van der Waals surface area contributed by atoms with Crippen molar-refractivity contribution in [2.24, 2.45) is 0 Å². The van der Waals surface area contributed by atoms with Crippen LogP contribution in [0, 0.1) is 13.8 Å². The van der Waals surface area contributed by atoms with Crippen molar-refractivity contribution < 1.29 is 4.74 Å². The highest BCUT2D eigenvalue weighted by Crippen LogP contribution is 2.46. The molecule has 0 radical (unpaired) electrons. The van der Waals surface area contributed by atoms with Crippen LogP contribution in [-0.4, -0.2) is 14.8 Å². The molecule has 0 unspecified atom stereocenters. The van der Waals surface area contributed by atoms with Gasteiger partial charge >= 0.3 is 0 Å². The average molecular weight is 721 g/mol. The Morgan fingerprint density at radius 2 is 0.945 bits per heavy atom. The maximum atomic E-state index is 7.00. The number of nitrogens with zero attached hydrogens (tertiary/aromatic N) is 2. The van der Waals surface area contributed by atoms with E-state index in [2.05, 4.69) is 212 Å². The minimum Gasteiger partial charge on any atom is -0.458 e. The number of ether oxygens (including phenoxy) is 1. The van der Waals surface area contributed by atoms with Gasteiger partial charge in [-0.15, -0.1) is 0 Å². The van der Waals surface area contributed by atoms with E-state index in [9.17, 15) is 0 Å². The van der Waals surface area contributed by atoms with Gasteiger partial charge in [0.2, 0.25) is 0 Å². The molecule has 0 aliphatic carbocycles. The largest absolute Gasteiger partial charge is 0.458 e. The molecule has 3 heterocycles. The van der Waals surface area contributed by atoms with Gasteiger partial charge in [-0.25, -0.2) is 0 Å².